The van der Waals surface area contributed by atoms with Crippen molar-refractivity contribution >= 4 is 17.4 Å². The predicted molar refractivity (Wildman–Crippen MR) is 145 cm³/mol. The Labute approximate surface area is 213 Å². The molecule has 0 spiro atoms. The van der Waals surface area contributed by atoms with E-state index < -0.39 is 5.41 Å². The van der Waals surface area contributed by atoms with Crippen LogP contribution in [0.4, 0.5) is 5.69 Å². The average molecular weight is 474 g/mol. The summed E-state index contributed by atoms with van der Waals surface area (Å²) in [5, 5.41) is 0. The summed E-state index contributed by atoms with van der Waals surface area (Å²) in [5.41, 5.74) is 6.58. The molecule has 4 aromatic rings. The fraction of sp³-hybridized carbons (Fsp3) is 0.212. The van der Waals surface area contributed by atoms with Gasteiger partial charge in [0.05, 0.1) is 12.2 Å². The Morgan fingerprint density at radius 1 is 0.583 bits per heavy atom. The quantitative estimate of drug-likeness (QED) is 0.288. The number of hydrogen-bond donors (Lipinski definition) is 0. The maximum absolute atomic E-state index is 14.5. The van der Waals surface area contributed by atoms with Crippen LogP contribution in [0.5, 0.6) is 0 Å². The van der Waals surface area contributed by atoms with Crippen LogP contribution in [0, 0.1) is 26.2 Å². The van der Waals surface area contributed by atoms with Crippen LogP contribution < -0.4 is 4.90 Å². The molecule has 180 valence electrons. The first-order valence-electron chi connectivity index (χ1n) is 12.5. The second-order valence-electron chi connectivity index (χ2n) is 10.1. The molecule has 0 atom stereocenters. The lowest BCUT2D eigenvalue weighted by Crippen LogP contribution is -2.55. The highest BCUT2D eigenvalue weighted by molar-refractivity contribution is 6.25. The monoisotopic (exact) mass is 473 g/mol. The lowest BCUT2D eigenvalue weighted by atomic mass is 9.68. The fourth-order valence-electron chi connectivity index (χ4n) is 5.14. The third-order valence-electron chi connectivity index (χ3n) is 7.24. The zero-order valence-corrected chi connectivity index (χ0v) is 21.1. The van der Waals surface area contributed by atoms with Crippen molar-refractivity contribution in [3.63, 3.8) is 0 Å². The highest BCUT2D eigenvalue weighted by Crippen LogP contribution is 2.43. The number of hydrogen-bond acceptors (Lipinski definition) is 2. The van der Waals surface area contributed by atoms with Gasteiger partial charge in [0.15, 0.2) is 5.78 Å². The number of rotatable bonds is 6. The molecule has 1 aliphatic rings. The molecule has 0 saturated heterocycles. The van der Waals surface area contributed by atoms with Gasteiger partial charge in [-0.1, -0.05) is 102 Å². The number of anilines is 1. The SMILES string of the molecule is Cc1ccc(CN2C(=O)C(Cc3ccc(C)cc3)(Cc3ccc(C)cc3)C(=O)c3ccccc32)cc1. The highest BCUT2D eigenvalue weighted by atomic mass is 16.2. The number of benzene rings is 4. The van der Waals surface area contributed by atoms with E-state index in [2.05, 4.69) is 31.2 Å². The van der Waals surface area contributed by atoms with Gasteiger partial charge in [-0.2, -0.15) is 0 Å². The summed E-state index contributed by atoms with van der Waals surface area (Å²) < 4.78 is 0. The Kier molecular flexibility index (Phi) is 6.32. The maximum atomic E-state index is 14.5. The zero-order chi connectivity index (χ0) is 25.3. The molecule has 0 radical (unpaired) electrons. The van der Waals surface area contributed by atoms with Crippen molar-refractivity contribution in [2.75, 3.05) is 4.90 Å². The van der Waals surface area contributed by atoms with Crippen LogP contribution in [0.2, 0.25) is 0 Å². The van der Waals surface area contributed by atoms with E-state index in [0.29, 0.717) is 30.6 Å². The van der Waals surface area contributed by atoms with Gasteiger partial charge in [-0.15, -0.1) is 0 Å². The smallest absolute Gasteiger partial charge is 0.242 e. The number of Topliss-reactive ketones (excluding diaryl/α,β-unsaturated/α-hetero) is 1. The predicted octanol–water partition coefficient (Wildman–Crippen LogP) is 6.81. The van der Waals surface area contributed by atoms with E-state index in [1.165, 1.54) is 5.56 Å². The number of amides is 1. The number of carbonyl (C=O) groups excluding carboxylic acids is 2. The van der Waals surface area contributed by atoms with Crippen molar-refractivity contribution in [1.82, 2.24) is 0 Å². The summed E-state index contributed by atoms with van der Waals surface area (Å²) in [5.74, 6) is -0.225. The Bertz CT molecular complexity index is 1350. The third kappa shape index (κ3) is 4.49. The molecule has 0 N–H and O–H groups in total. The second kappa shape index (κ2) is 9.58. The minimum Gasteiger partial charge on any atom is -0.306 e. The number of aryl methyl sites for hydroxylation is 3. The molecule has 0 aliphatic carbocycles. The summed E-state index contributed by atoms with van der Waals surface area (Å²) in [6.07, 6.45) is 0.717. The number of ketones is 1. The molecule has 1 amide bonds. The Hall–Kier alpha value is -3.98. The molecule has 1 heterocycles. The molecule has 0 unspecified atom stereocenters. The van der Waals surface area contributed by atoms with E-state index in [-0.39, 0.29) is 11.7 Å². The molecule has 0 saturated carbocycles. The molecule has 3 heteroatoms. The fourth-order valence-corrected chi connectivity index (χ4v) is 5.14. The number of para-hydroxylation sites is 1. The van der Waals surface area contributed by atoms with Crippen LogP contribution in [0.3, 0.4) is 0 Å². The molecule has 0 fully saturated rings. The molecular formula is C33H31NO2. The molecule has 36 heavy (non-hydrogen) atoms. The van der Waals surface area contributed by atoms with E-state index in [4.69, 9.17) is 0 Å². The first-order valence-corrected chi connectivity index (χ1v) is 12.5. The molecule has 1 aliphatic heterocycles. The Morgan fingerprint density at radius 3 is 1.53 bits per heavy atom. The van der Waals surface area contributed by atoms with Gasteiger partial charge in [-0.25, -0.2) is 0 Å². The average Bonchev–Trinajstić information content (AvgIpc) is 2.89. The summed E-state index contributed by atoms with van der Waals surface area (Å²) in [6, 6.07) is 32.1. The van der Waals surface area contributed by atoms with Crippen molar-refractivity contribution in [2.45, 2.75) is 40.2 Å². The lowest BCUT2D eigenvalue weighted by molar-refractivity contribution is -0.126. The van der Waals surface area contributed by atoms with E-state index >= 15 is 0 Å². The van der Waals surface area contributed by atoms with Gasteiger partial charge in [0.2, 0.25) is 5.91 Å². The van der Waals surface area contributed by atoms with E-state index in [0.717, 1.165) is 27.8 Å². The summed E-state index contributed by atoms with van der Waals surface area (Å²) in [7, 11) is 0. The number of nitrogens with zero attached hydrogens (tertiary/aromatic N) is 1. The van der Waals surface area contributed by atoms with E-state index in [1.54, 1.807) is 0 Å². The van der Waals surface area contributed by atoms with Crippen LogP contribution >= 0.6 is 0 Å². The summed E-state index contributed by atoms with van der Waals surface area (Å²) in [4.78, 5) is 30.6. The molecule has 4 aromatic carbocycles. The van der Waals surface area contributed by atoms with Crippen LogP contribution in [0.15, 0.2) is 97.1 Å². The minimum atomic E-state index is -1.22. The number of carbonyl (C=O) groups is 2. The van der Waals surface area contributed by atoms with Gasteiger partial charge in [0.25, 0.3) is 0 Å². The molecule has 3 nitrogen and oxygen atoms in total. The minimum absolute atomic E-state index is 0.0931. The van der Waals surface area contributed by atoms with Gasteiger partial charge in [-0.05, 0) is 62.4 Å². The van der Waals surface area contributed by atoms with Crippen molar-refractivity contribution < 1.29 is 9.59 Å². The Balaban J connectivity index is 1.65. The maximum Gasteiger partial charge on any atom is 0.242 e. The normalized spacial score (nSPS) is 14.6. The van der Waals surface area contributed by atoms with Crippen LogP contribution in [0.25, 0.3) is 0 Å². The largest absolute Gasteiger partial charge is 0.306 e. The third-order valence-corrected chi connectivity index (χ3v) is 7.24. The van der Waals surface area contributed by atoms with Gasteiger partial charge >= 0.3 is 0 Å². The van der Waals surface area contributed by atoms with Crippen molar-refractivity contribution in [2.24, 2.45) is 5.41 Å². The van der Waals surface area contributed by atoms with Crippen molar-refractivity contribution in [3.8, 4) is 0 Å². The molecule has 0 bridgehead atoms. The highest BCUT2D eigenvalue weighted by Gasteiger charge is 2.52. The second-order valence-corrected chi connectivity index (χ2v) is 10.1. The zero-order valence-electron chi connectivity index (χ0n) is 21.1. The first kappa shape index (κ1) is 23.7. The first-order chi connectivity index (χ1) is 17.4. The number of fused-ring (bicyclic) bond motifs is 1. The van der Waals surface area contributed by atoms with E-state index in [1.807, 2.05) is 91.5 Å². The van der Waals surface area contributed by atoms with Gasteiger partial charge in [0.1, 0.15) is 5.41 Å². The molecular weight excluding hydrogens is 442 g/mol. The lowest BCUT2D eigenvalue weighted by Gasteiger charge is -2.42. The standard InChI is InChI=1S/C33H31NO2/c1-23-8-14-26(15-9-23)20-33(21-27-16-10-24(2)11-17-27)31(35)29-6-4-5-7-30(29)34(32(33)36)22-28-18-12-25(3)13-19-28/h4-19H,20-22H2,1-3H3. The van der Waals surface area contributed by atoms with Gasteiger partial charge in [-0.3, -0.25) is 9.59 Å². The molecule has 5 rings (SSSR count). The van der Waals surface area contributed by atoms with Gasteiger partial charge in [0, 0.05) is 5.56 Å². The topological polar surface area (TPSA) is 37.4 Å². The Morgan fingerprint density at radius 2 is 1.03 bits per heavy atom. The summed E-state index contributed by atoms with van der Waals surface area (Å²) in [6.45, 7) is 6.57. The van der Waals surface area contributed by atoms with Crippen molar-refractivity contribution in [1.29, 1.82) is 0 Å². The summed E-state index contributed by atoms with van der Waals surface area (Å²) >= 11 is 0. The van der Waals surface area contributed by atoms with Crippen molar-refractivity contribution in [3.05, 3.63) is 136 Å². The van der Waals surface area contributed by atoms with Crippen LogP contribution in [0.1, 0.15) is 43.7 Å². The van der Waals surface area contributed by atoms with Crippen LogP contribution in [-0.4, -0.2) is 11.7 Å². The van der Waals surface area contributed by atoms with E-state index in [9.17, 15) is 9.59 Å². The molecule has 0 aromatic heterocycles. The van der Waals surface area contributed by atoms with Gasteiger partial charge < -0.3 is 4.90 Å². The van der Waals surface area contributed by atoms with Crippen LogP contribution in [-0.2, 0) is 24.2 Å².